The maximum Gasteiger partial charge on any atom is 0.238 e. The minimum absolute atomic E-state index is 0.0943. The number of nitrogens with zero attached hydrogens (tertiary/aromatic N) is 1. The molecule has 1 aliphatic heterocycles. The van der Waals surface area contributed by atoms with Gasteiger partial charge in [-0.25, -0.2) is 8.42 Å². The predicted octanol–water partition coefficient (Wildman–Crippen LogP) is 3.22. The van der Waals surface area contributed by atoms with E-state index in [0.29, 0.717) is 19.4 Å². The normalized spacial score (nSPS) is 19.5. The summed E-state index contributed by atoms with van der Waals surface area (Å²) in [5, 5.41) is 5.28. The van der Waals surface area contributed by atoms with E-state index in [0.717, 1.165) is 22.8 Å². The first-order chi connectivity index (χ1) is 12.4. The fourth-order valence-electron chi connectivity index (χ4n) is 3.58. The summed E-state index contributed by atoms with van der Waals surface area (Å²) in [6.45, 7) is 4.21. The first-order valence-electron chi connectivity index (χ1n) is 9.21. The molecule has 26 heavy (non-hydrogen) atoms. The minimum atomic E-state index is -3.36. The van der Waals surface area contributed by atoms with Crippen LogP contribution in [0, 0.1) is 0 Å². The molecule has 1 fully saturated rings. The number of benzene rings is 2. The maximum absolute atomic E-state index is 12.7. The molecule has 1 aliphatic rings. The van der Waals surface area contributed by atoms with Gasteiger partial charge in [0.05, 0.1) is 11.8 Å². The third-order valence-electron chi connectivity index (χ3n) is 4.96. The quantitative estimate of drug-likeness (QED) is 0.844. The van der Waals surface area contributed by atoms with Gasteiger partial charge in [-0.2, -0.15) is 4.31 Å². The third-order valence-corrected chi connectivity index (χ3v) is 7.03. The number of rotatable bonds is 6. The van der Waals surface area contributed by atoms with E-state index in [1.54, 1.807) is 0 Å². The van der Waals surface area contributed by atoms with Gasteiger partial charge in [0.15, 0.2) is 0 Å². The van der Waals surface area contributed by atoms with Crippen LogP contribution in [0.15, 0.2) is 42.5 Å². The molecule has 0 aromatic heterocycles. The van der Waals surface area contributed by atoms with E-state index in [4.69, 9.17) is 0 Å². The fourth-order valence-corrected chi connectivity index (χ4v) is 5.33. The monoisotopic (exact) mass is 374 g/mol. The molecule has 0 spiro atoms. The maximum atomic E-state index is 12.7. The number of hydrogen-bond donors (Lipinski definition) is 1. The second kappa shape index (κ2) is 7.76. The highest BCUT2D eigenvalue weighted by Gasteiger charge is 2.38. The van der Waals surface area contributed by atoms with Gasteiger partial charge in [-0.1, -0.05) is 43.3 Å². The molecule has 1 saturated heterocycles. The molecule has 2 atom stereocenters. The van der Waals surface area contributed by atoms with Gasteiger partial charge in [0.25, 0.3) is 0 Å². The van der Waals surface area contributed by atoms with Gasteiger partial charge in [-0.3, -0.25) is 4.79 Å². The van der Waals surface area contributed by atoms with Crippen molar-refractivity contribution in [2.75, 3.05) is 12.3 Å². The molecule has 1 N–H and O–H groups in total. The van der Waals surface area contributed by atoms with Crippen molar-refractivity contribution >= 4 is 26.7 Å². The fraction of sp³-hybridized carbons (Fsp3) is 0.450. The van der Waals surface area contributed by atoms with E-state index in [1.165, 1.54) is 4.31 Å². The van der Waals surface area contributed by atoms with E-state index in [2.05, 4.69) is 17.4 Å². The molecule has 2 unspecified atom stereocenters. The van der Waals surface area contributed by atoms with Crippen molar-refractivity contribution in [2.24, 2.45) is 0 Å². The summed E-state index contributed by atoms with van der Waals surface area (Å²) < 4.78 is 26.2. The molecule has 3 rings (SSSR count). The zero-order valence-electron chi connectivity index (χ0n) is 15.3. The summed E-state index contributed by atoms with van der Waals surface area (Å²) in [6, 6.07) is 13.4. The number of nitrogens with one attached hydrogen (secondary N) is 1. The zero-order valence-corrected chi connectivity index (χ0v) is 16.1. The predicted molar refractivity (Wildman–Crippen MR) is 104 cm³/mol. The third kappa shape index (κ3) is 3.91. The average molecular weight is 375 g/mol. The van der Waals surface area contributed by atoms with Gasteiger partial charge < -0.3 is 5.32 Å². The van der Waals surface area contributed by atoms with Gasteiger partial charge >= 0.3 is 0 Å². The van der Waals surface area contributed by atoms with Gasteiger partial charge in [0, 0.05) is 6.54 Å². The number of sulfonamides is 1. The van der Waals surface area contributed by atoms with Crippen LogP contribution in [0.2, 0.25) is 0 Å². The minimum Gasteiger partial charge on any atom is -0.348 e. The molecule has 0 saturated carbocycles. The van der Waals surface area contributed by atoms with E-state index in [1.807, 2.05) is 44.2 Å². The molecule has 1 amide bonds. The van der Waals surface area contributed by atoms with Crippen molar-refractivity contribution in [2.45, 2.75) is 45.2 Å². The lowest BCUT2D eigenvalue weighted by molar-refractivity contribution is -0.124. The molecule has 6 heteroatoms. The van der Waals surface area contributed by atoms with Crippen LogP contribution in [0.3, 0.4) is 0 Å². The molecular formula is C20H26N2O3S. The largest absolute Gasteiger partial charge is 0.348 e. The Morgan fingerprint density at radius 3 is 2.69 bits per heavy atom. The van der Waals surface area contributed by atoms with Crippen LogP contribution in [0.1, 0.15) is 44.7 Å². The molecule has 140 valence electrons. The summed E-state index contributed by atoms with van der Waals surface area (Å²) in [6.07, 6.45) is 1.87. The first kappa shape index (κ1) is 18.9. The van der Waals surface area contributed by atoms with Crippen molar-refractivity contribution in [3.63, 3.8) is 0 Å². The van der Waals surface area contributed by atoms with Crippen molar-refractivity contribution in [1.82, 2.24) is 9.62 Å². The Hall–Kier alpha value is -1.92. The smallest absolute Gasteiger partial charge is 0.238 e. The number of carbonyl (C=O) groups is 1. The van der Waals surface area contributed by atoms with Crippen LogP contribution in [0.4, 0.5) is 0 Å². The number of fused-ring (bicyclic) bond motifs is 1. The van der Waals surface area contributed by atoms with Gasteiger partial charge in [0.2, 0.25) is 15.9 Å². The Morgan fingerprint density at radius 2 is 1.96 bits per heavy atom. The van der Waals surface area contributed by atoms with Crippen LogP contribution in [0.25, 0.3) is 10.8 Å². The summed E-state index contributed by atoms with van der Waals surface area (Å²) in [5.74, 6) is -0.111. The molecular weight excluding hydrogens is 348 g/mol. The molecule has 2 aromatic rings. The van der Waals surface area contributed by atoms with Crippen LogP contribution in [0.5, 0.6) is 0 Å². The molecule has 2 aromatic carbocycles. The van der Waals surface area contributed by atoms with Crippen LogP contribution in [-0.4, -0.2) is 37.0 Å². The standard InChI is InChI=1S/C20H26N2O3S/c1-3-13-26(24,25)22-12-6-9-19(22)20(23)21-15(2)17-11-10-16-7-4-5-8-18(16)14-17/h4-5,7-8,10-11,14-15,19H,3,6,9,12-13H2,1-2H3,(H,21,23). The second-order valence-electron chi connectivity index (χ2n) is 6.92. The second-order valence-corrected chi connectivity index (χ2v) is 8.96. The highest BCUT2D eigenvalue weighted by atomic mass is 32.2. The average Bonchev–Trinajstić information content (AvgIpc) is 3.12. The van der Waals surface area contributed by atoms with Gasteiger partial charge in [-0.15, -0.1) is 0 Å². The molecule has 5 nitrogen and oxygen atoms in total. The molecule has 1 heterocycles. The summed E-state index contributed by atoms with van der Waals surface area (Å²) in [7, 11) is -3.36. The molecule has 0 radical (unpaired) electrons. The summed E-state index contributed by atoms with van der Waals surface area (Å²) in [5.41, 5.74) is 1.01. The van der Waals surface area contributed by atoms with E-state index < -0.39 is 16.1 Å². The molecule has 0 bridgehead atoms. The zero-order chi connectivity index (χ0) is 18.7. The van der Waals surface area contributed by atoms with E-state index in [-0.39, 0.29) is 17.7 Å². The Balaban J connectivity index is 1.73. The number of carbonyl (C=O) groups excluding carboxylic acids is 1. The van der Waals surface area contributed by atoms with Crippen molar-refractivity contribution in [1.29, 1.82) is 0 Å². The van der Waals surface area contributed by atoms with E-state index in [9.17, 15) is 13.2 Å². The Labute approximate surface area is 155 Å². The Bertz CT molecular complexity index is 895. The van der Waals surface area contributed by atoms with Crippen LogP contribution >= 0.6 is 0 Å². The number of hydrogen-bond acceptors (Lipinski definition) is 3. The lowest BCUT2D eigenvalue weighted by Crippen LogP contribution is -2.47. The van der Waals surface area contributed by atoms with Crippen LogP contribution < -0.4 is 5.32 Å². The van der Waals surface area contributed by atoms with Gasteiger partial charge in [-0.05, 0) is 48.6 Å². The molecule has 0 aliphatic carbocycles. The highest BCUT2D eigenvalue weighted by molar-refractivity contribution is 7.89. The van der Waals surface area contributed by atoms with Crippen LogP contribution in [-0.2, 0) is 14.8 Å². The lowest BCUT2D eigenvalue weighted by atomic mass is 10.0. The Morgan fingerprint density at radius 1 is 1.23 bits per heavy atom. The first-order valence-corrected chi connectivity index (χ1v) is 10.8. The van der Waals surface area contributed by atoms with Gasteiger partial charge in [0.1, 0.15) is 6.04 Å². The topological polar surface area (TPSA) is 66.5 Å². The lowest BCUT2D eigenvalue weighted by Gasteiger charge is -2.25. The Kier molecular flexibility index (Phi) is 5.63. The van der Waals surface area contributed by atoms with Crippen molar-refractivity contribution in [3.8, 4) is 0 Å². The number of amides is 1. The summed E-state index contributed by atoms with van der Waals surface area (Å²) in [4.78, 5) is 12.7. The van der Waals surface area contributed by atoms with E-state index >= 15 is 0 Å². The van der Waals surface area contributed by atoms with Crippen molar-refractivity contribution in [3.05, 3.63) is 48.0 Å². The SMILES string of the molecule is CCCS(=O)(=O)N1CCCC1C(=O)NC(C)c1ccc2ccccc2c1. The van der Waals surface area contributed by atoms with Crippen molar-refractivity contribution < 1.29 is 13.2 Å². The highest BCUT2D eigenvalue weighted by Crippen LogP contribution is 2.24. The summed E-state index contributed by atoms with van der Waals surface area (Å²) >= 11 is 0.